The molecule has 0 bridgehead atoms. The van der Waals surface area contributed by atoms with Crippen molar-refractivity contribution < 1.29 is 9.84 Å². The molecule has 5 heteroatoms. The first-order chi connectivity index (χ1) is 6.75. The van der Waals surface area contributed by atoms with Gasteiger partial charge < -0.3 is 14.8 Å². The third-order valence-electron chi connectivity index (χ3n) is 2.29. The molecule has 1 fully saturated rings. The minimum Gasteiger partial charge on any atom is -0.493 e. The topological polar surface area (TPSA) is 75.2 Å². The Kier molecular flexibility index (Phi) is 2.49. The van der Waals surface area contributed by atoms with Gasteiger partial charge in [-0.25, -0.2) is 0 Å². The van der Waals surface area contributed by atoms with Crippen molar-refractivity contribution in [2.75, 3.05) is 13.2 Å². The molecule has 0 saturated carbocycles. The van der Waals surface area contributed by atoms with Crippen molar-refractivity contribution in [3.63, 3.8) is 0 Å². The number of aromatic amines is 1. The molecular formula is C9H12N2O3. The molecule has 2 N–H and O–H groups in total. The Bertz CT molecular complexity index is 369. The Morgan fingerprint density at radius 3 is 3.14 bits per heavy atom. The van der Waals surface area contributed by atoms with Crippen LogP contribution in [0.1, 0.15) is 24.6 Å². The molecule has 1 aromatic heterocycles. The lowest BCUT2D eigenvalue weighted by molar-refractivity contribution is 0.0778. The van der Waals surface area contributed by atoms with Gasteiger partial charge in [-0.05, 0) is 12.8 Å². The van der Waals surface area contributed by atoms with Crippen LogP contribution < -0.4 is 5.56 Å². The summed E-state index contributed by atoms with van der Waals surface area (Å²) in [7, 11) is 0. The fourth-order valence-corrected chi connectivity index (χ4v) is 1.61. The average molecular weight is 196 g/mol. The highest BCUT2D eigenvalue weighted by atomic mass is 16.5. The van der Waals surface area contributed by atoms with Gasteiger partial charge in [-0.15, -0.1) is 0 Å². The predicted molar refractivity (Wildman–Crippen MR) is 49.3 cm³/mol. The first-order valence-electron chi connectivity index (χ1n) is 4.63. The molecule has 0 aliphatic carbocycles. The van der Waals surface area contributed by atoms with Gasteiger partial charge in [-0.3, -0.25) is 4.79 Å². The molecule has 2 heterocycles. The first-order valence-corrected chi connectivity index (χ1v) is 4.63. The standard InChI is InChI=1S/C9H12N2O3/c12-7-4-8(13)11-9(10-7)6-2-1-3-14-5-6/h4,6H,1-3,5H2,(H2,10,11,12,13). The number of aromatic nitrogens is 2. The van der Waals surface area contributed by atoms with E-state index < -0.39 is 0 Å². The van der Waals surface area contributed by atoms with Gasteiger partial charge in [0.1, 0.15) is 5.82 Å². The molecule has 0 radical (unpaired) electrons. The second-order valence-electron chi connectivity index (χ2n) is 3.40. The van der Waals surface area contributed by atoms with Crippen LogP contribution >= 0.6 is 0 Å². The van der Waals surface area contributed by atoms with Crippen molar-refractivity contribution in [1.82, 2.24) is 9.97 Å². The van der Waals surface area contributed by atoms with Crippen LogP contribution in [0.3, 0.4) is 0 Å². The summed E-state index contributed by atoms with van der Waals surface area (Å²) in [4.78, 5) is 17.5. The number of H-pyrrole nitrogens is 1. The molecule has 76 valence electrons. The lowest BCUT2D eigenvalue weighted by atomic mass is 10.0. The zero-order chi connectivity index (χ0) is 9.97. The van der Waals surface area contributed by atoms with E-state index in [0.717, 1.165) is 25.5 Å². The third-order valence-corrected chi connectivity index (χ3v) is 2.29. The van der Waals surface area contributed by atoms with Gasteiger partial charge in [0.05, 0.1) is 12.7 Å². The van der Waals surface area contributed by atoms with Gasteiger partial charge in [0.25, 0.3) is 5.56 Å². The van der Waals surface area contributed by atoms with E-state index in [0.29, 0.717) is 12.4 Å². The predicted octanol–water partition coefficient (Wildman–Crippen LogP) is 0.369. The first kappa shape index (κ1) is 9.21. The summed E-state index contributed by atoms with van der Waals surface area (Å²) in [5.41, 5.74) is -0.321. The molecule has 0 amide bonds. The van der Waals surface area contributed by atoms with E-state index in [2.05, 4.69) is 9.97 Å². The van der Waals surface area contributed by atoms with E-state index in [1.807, 2.05) is 0 Å². The second-order valence-corrected chi connectivity index (χ2v) is 3.40. The van der Waals surface area contributed by atoms with Crippen LogP contribution in [-0.4, -0.2) is 28.3 Å². The van der Waals surface area contributed by atoms with Crippen LogP contribution in [0.25, 0.3) is 0 Å². The number of ether oxygens (including phenoxy) is 1. The molecule has 2 rings (SSSR count). The lowest BCUT2D eigenvalue weighted by Gasteiger charge is -2.20. The molecule has 1 atom stereocenters. The Balaban J connectivity index is 2.26. The molecule has 1 unspecified atom stereocenters. The maximum absolute atomic E-state index is 11.1. The van der Waals surface area contributed by atoms with E-state index in [4.69, 9.17) is 9.84 Å². The Hall–Kier alpha value is -1.36. The van der Waals surface area contributed by atoms with Gasteiger partial charge in [-0.1, -0.05) is 0 Å². The highest BCUT2D eigenvalue weighted by Gasteiger charge is 2.18. The van der Waals surface area contributed by atoms with Crippen molar-refractivity contribution in [1.29, 1.82) is 0 Å². The summed E-state index contributed by atoms with van der Waals surface area (Å²) >= 11 is 0. The molecule has 14 heavy (non-hydrogen) atoms. The number of nitrogens with one attached hydrogen (secondary N) is 1. The smallest absolute Gasteiger partial charge is 0.254 e. The van der Waals surface area contributed by atoms with E-state index in [1.54, 1.807) is 0 Å². The Morgan fingerprint density at radius 1 is 1.64 bits per heavy atom. The fourth-order valence-electron chi connectivity index (χ4n) is 1.61. The van der Waals surface area contributed by atoms with Crippen molar-refractivity contribution >= 4 is 0 Å². The summed E-state index contributed by atoms with van der Waals surface area (Å²) in [6.45, 7) is 1.33. The minimum atomic E-state index is -0.321. The van der Waals surface area contributed by atoms with Crippen molar-refractivity contribution in [2.24, 2.45) is 0 Å². The quantitative estimate of drug-likeness (QED) is 0.680. The average Bonchev–Trinajstić information content (AvgIpc) is 2.18. The Morgan fingerprint density at radius 2 is 2.50 bits per heavy atom. The van der Waals surface area contributed by atoms with Crippen LogP contribution in [0.2, 0.25) is 0 Å². The number of hydrogen-bond donors (Lipinski definition) is 2. The summed E-state index contributed by atoms with van der Waals surface area (Å²) in [5.74, 6) is 0.396. The Labute approximate surface area is 80.8 Å². The molecule has 1 aliphatic rings. The minimum absolute atomic E-state index is 0.101. The van der Waals surface area contributed by atoms with Crippen LogP contribution in [0.5, 0.6) is 5.88 Å². The van der Waals surface area contributed by atoms with E-state index >= 15 is 0 Å². The van der Waals surface area contributed by atoms with Gasteiger partial charge in [-0.2, -0.15) is 4.98 Å². The molecule has 0 spiro atoms. The number of rotatable bonds is 1. The maximum atomic E-state index is 11.1. The SMILES string of the molecule is O=c1cc(O)nc(C2CCCOC2)[nH]1. The van der Waals surface area contributed by atoms with Crippen molar-refractivity contribution in [3.8, 4) is 5.88 Å². The van der Waals surface area contributed by atoms with Gasteiger partial charge in [0.2, 0.25) is 5.88 Å². The summed E-state index contributed by atoms with van der Waals surface area (Å²) in [6.07, 6.45) is 1.90. The molecule has 1 aliphatic heterocycles. The summed E-state index contributed by atoms with van der Waals surface area (Å²) in [6, 6.07) is 1.06. The summed E-state index contributed by atoms with van der Waals surface area (Å²) in [5, 5.41) is 9.15. The zero-order valence-corrected chi connectivity index (χ0v) is 7.69. The van der Waals surface area contributed by atoms with Crippen LogP contribution in [0.4, 0.5) is 0 Å². The maximum Gasteiger partial charge on any atom is 0.254 e. The van der Waals surface area contributed by atoms with Crippen molar-refractivity contribution in [2.45, 2.75) is 18.8 Å². The van der Waals surface area contributed by atoms with Crippen LogP contribution in [-0.2, 0) is 4.74 Å². The molecule has 0 aromatic carbocycles. The van der Waals surface area contributed by atoms with E-state index in [-0.39, 0.29) is 17.4 Å². The number of hydrogen-bond acceptors (Lipinski definition) is 4. The summed E-state index contributed by atoms with van der Waals surface area (Å²) < 4.78 is 5.27. The highest BCUT2D eigenvalue weighted by molar-refractivity contribution is 5.09. The third kappa shape index (κ3) is 1.93. The number of nitrogens with zero attached hydrogens (tertiary/aromatic N) is 1. The van der Waals surface area contributed by atoms with E-state index in [9.17, 15) is 4.79 Å². The van der Waals surface area contributed by atoms with E-state index in [1.165, 1.54) is 0 Å². The molecule has 1 saturated heterocycles. The van der Waals surface area contributed by atoms with Crippen LogP contribution in [0, 0.1) is 0 Å². The van der Waals surface area contributed by atoms with Crippen LogP contribution in [0.15, 0.2) is 10.9 Å². The van der Waals surface area contributed by atoms with Gasteiger partial charge >= 0.3 is 0 Å². The normalized spacial score (nSPS) is 22.1. The molecule has 1 aromatic rings. The zero-order valence-electron chi connectivity index (χ0n) is 7.69. The monoisotopic (exact) mass is 196 g/mol. The second kappa shape index (κ2) is 3.79. The van der Waals surface area contributed by atoms with Gasteiger partial charge in [0, 0.05) is 12.5 Å². The van der Waals surface area contributed by atoms with Crippen molar-refractivity contribution in [3.05, 3.63) is 22.2 Å². The molecule has 5 nitrogen and oxygen atoms in total. The highest BCUT2D eigenvalue weighted by Crippen LogP contribution is 2.22. The number of aromatic hydroxyl groups is 1. The fraction of sp³-hybridized carbons (Fsp3) is 0.556. The molecular weight excluding hydrogens is 184 g/mol. The lowest BCUT2D eigenvalue weighted by Crippen LogP contribution is -2.20. The van der Waals surface area contributed by atoms with Gasteiger partial charge in [0.15, 0.2) is 0 Å². The largest absolute Gasteiger partial charge is 0.493 e.